The van der Waals surface area contributed by atoms with Crippen LogP contribution < -0.4 is 0 Å². The van der Waals surface area contributed by atoms with E-state index in [2.05, 4.69) is 22.1 Å². The highest BCUT2D eigenvalue weighted by Crippen LogP contribution is 2.27. The number of ketones is 1. The molecule has 0 aliphatic carbocycles. The van der Waals surface area contributed by atoms with Crippen LogP contribution in [0.25, 0.3) is 16.6 Å². The molecule has 0 amide bonds. The Bertz CT molecular complexity index is 1300. The van der Waals surface area contributed by atoms with Crippen molar-refractivity contribution in [2.24, 2.45) is 10.3 Å². The first-order valence-corrected chi connectivity index (χ1v) is 12.0. The number of para-hydroxylation sites is 1. The Balaban J connectivity index is 1.97. The summed E-state index contributed by atoms with van der Waals surface area (Å²) in [7, 11) is 0. The van der Waals surface area contributed by atoms with Crippen LogP contribution in [0.4, 0.5) is 0 Å². The number of hydrogen-bond donors (Lipinski definition) is 0. The van der Waals surface area contributed by atoms with E-state index in [0.29, 0.717) is 12.0 Å². The first-order chi connectivity index (χ1) is 17.3. The average molecular weight is 490 g/mol. The molecule has 3 rings (SSSR count). The van der Waals surface area contributed by atoms with Gasteiger partial charge < -0.3 is 14.2 Å². The van der Waals surface area contributed by atoms with Crippen molar-refractivity contribution in [3.63, 3.8) is 0 Å². The van der Waals surface area contributed by atoms with Crippen LogP contribution in [0, 0.1) is 0 Å². The quantitative estimate of drug-likeness (QED) is 0.108. The van der Waals surface area contributed by atoms with E-state index in [9.17, 15) is 14.4 Å². The Kier molecular flexibility index (Phi) is 9.27. The van der Waals surface area contributed by atoms with Crippen molar-refractivity contribution >= 4 is 40.0 Å². The lowest BCUT2D eigenvalue weighted by Gasteiger charge is -2.07. The molecule has 0 spiro atoms. The summed E-state index contributed by atoms with van der Waals surface area (Å²) in [5.41, 5.74) is 3.94. The van der Waals surface area contributed by atoms with Gasteiger partial charge in [-0.05, 0) is 50.1 Å². The zero-order chi connectivity index (χ0) is 26.1. The SMILES string of the molecule is CCCCCC/C(=N\OC(C)=O)c1cn(-c2ccc(C(=O)/C(C)=N\OC(C)=O)cc2)c2ccccc12. The fourth-order valence-electron chi connectivity index (χ4n) is 3.85. The molecule has 0 fully saturated rings. The predicted octanol–water partition coefficient (Wildman–Crippen LogP) is 5.99. The summed E-state index contributed by atoms with van der Waals surface area (Å²) in [6.45, 7) is 6.21. The van der Waals surface area contributed by atoms with Crippen molar-refractivity contribution < 1.29 is 24.1 Å². The van der Waals surface area contributed by atoms with Crippen LogP contribution in [0.15, 0.2) is 65.0 Å². The molecule has 0 radical (unpaired) electrons. The molecule has 36 heavy (non-hydrogen) atoms. The van der Waals surface area contributed by atoms with Gasteiger partial charge in [0.1, 0.15) is 5.71 Å². The monoisotopic (exact) mass is 489 g/mol. The molecule has 1 aromatic heterocycles. The molecular weight excluding hydrogens is 458 g/mol. The topological polar surface area (TPSA) is 99.3 Å². The van der Waals surface area contributed by atoms with Crippen LogP contribution in [0.1, 0.15) is 75.7 Å². The third-order valence-electron chi connectivity index (χ3n) is 5.62. The number of benzene rings is 2. The summed E-state index contributed by atoms with van der Waals surface area (Å²) in [5.74, 6) is -1.38. The Hall–Kier alpha value is -4.07. The maximum atomic E-state index is 12.6. The van der Waals surface area contributed by atoms with Crippen LogP contribution >= 0.6 is 0 Å². The van der Waals surface area contributed by atoms with E-state index in [0.717, 1.165) is 53.5 Å². The lowest BCUT2D eigenvalue weighted by Crippen LogP contribution is -2.12. The van der Waals surface area contributed by atoms with Crippen LogP contribution in [0.3, 0.4) is 0 Å². The number of rotatable bonds is 11. The molecule has 0 bridgehead atoms. The van der Waals surface area contributed by atoms with Crippen molar-refractivity contribution in [3.05, 3.63) is 65.9 Å². The minimum Gasteiger partial charge on any atom is -0.318 e. The second kappa shape index (κ2) is 12.6. The van der Waals surface area contributed by atoms with Gasteiger partial charge in [-0.1, -0.05) is 54.7 Å². The molecule has 0 aliphatic rings. The highest BCUT2D eigenvalue weighted by Gasteiger charge is 2.17. The molecule has 1 heterocycles. The van der Waals surface area contributed by atoms with Gasteiger partial charge in [-0.3, -0.25) is 4.79 Å². The maximum Gasteiger partial charge on any atom is 0.331 e. The molecule has 8 heteroatoms. The number of Topliss-reactive ketones (excluding diaryl/α,β-unsaturated/α-hetero) is 1. The summed E-state index contributed by atoms with van der Waals surface area (Å²) in [6.07, 6.45) is 6.96. The number of hydrogen-bond acceptors (Lipinski definition) is 7. The molecule has 0 saturated heterocycles. The van der Waals surface area contributed by atoms with E-state index in [-0.39, 0.29) is 11.5 Å². The number of fused-ring (bicyclic) bond motifs is 1. The molecular formula is C28H31N3O5. The second-order valence-corrected chi connectivity index (χ2v) is 8.50. The van der Waals surface area contributed by atoms with E-state index in [1.165, 1.54) is 20.8 Å². The minimum absolute atomic E-state index is 0.0843. The smallest absolute Gasteiger partial charge is 0.318 e. The van der Waals surface area contributed by atoms with Gasteiger partial charge in [-0.15, -0.1) is 0 Å². The molecule has 8 nitrogen and oxygen atoms in total. The van der Waals surface area contributed by atoms with Crippen LogP contribution in [-0.4, -0.2) is 33.7 Å². The first-order valence-electron chi connectivity index (χ1n) is 12.0. The number of oxime groups is 2. The van der Waals surface area contributed by atoms with Crippen LogP contribution in [-0.2, 0) is 19.3 Å². The fraction of sp³-hybridized carbons (Fsp3) is 0.321. The number of unbranched alkanes of at least 4 members (excludes halogenated alkanes) is 3. The Labute approximate surface area is 210 Å². The Morgan fingerprint density at radius 1 is 0.833 bits per heavy atom. The molecule has 0 saturated carbocycles. The normalized spacial score (nSPS) is 12.0. The number of aromatic nitrogens is 1. The molecule has 0 unspecified atom stereocenters. The summed E-state index contributed by atoms with van der Waals surface area (Å²) in [5, 5.41) is 8.76. The van der Waals surface area contributed by atoms with Gasteiger partial charge in [0.2, 0.25) is 5.78 Å². The fourth-order valence-corrected chi connectivity index (χ4v) is 3.85. The van der Waals surface area contributed by atoms with Crippen LogP contribution in [0.2, 0.25) is 0 Å². The predicted molar refractivity (Wildman–Crippen MR) is 140 cm³/mol. The van der Waals surface area contributed by atoms with Crippen molar-refractivity contribution in [1.82, 2.24) is 4.57 Å². The van der Waals surface area contributed by atoms with Crippen LogP contribution in [0.5, 0.6) is 0 Å². The molecule has 0 N–H and O–H groups in total. The lowest BCUT2D eigenvalue weighted by atomic mass is 10.0. The van der Waals surface area contributed by atoms with Gasteiger partial charge in [0.15, 0.2) is 0 Å². The standard InChI is InChI=1S/C28H31N3O5/c1-5-6-7-8-12-26(30-36-21(4)33)25-18-31(27-13-10-9-11-24(25)27)23-16-14-22(15-17-23)28(34)19(2)29-35-20(3)32/h9-11,13-18H,5-8,12H2,1-4H3/b29-19-,30-26+. The zero-order valence-corrected chi connectivity index (χ0v) is 21.1. The van der Waals surface area contributed by atoms with Gasteiger partial charge in [-0.25, -0.2) is 9.59 Å². The van der Waals surface area contributed by atoms with Gasteiger partial charge >= 0.3 is 11.9 Å². The minimum atomic E-state index is -0.588. The van der Waals surface area contributed by atoms with Crippen molar-refractivity contribution in [1.29, 1.82) is 0 Å². The third kappa shape index (κ3) is 6.75. The third-order valence-corrected chi connectivity index (χ3v) is 5.62. The highest BCUT2D eigenvalue weighted by atomic mass is 16.7. The Morgan fingerprint density at radius 2 is 1.50 bits per heavy atom. The Morgan fingerprint density at radius 3 is 2.17 bits per heavy atom. The summed E-state index contributed by atoms with van der Waals surface area (Å²) in [4.78, 5) is 44.6. The summed E-state index contributed by atoms with van der Waals surface area (Å²) >= 11 is 0. The van der Waals surface area contributed by atoms with Crippen molar-refractivity contribution in [2.75, 3.05) is 0 Å². The largest absolute Gasteiger partial charge is 0.331 e. The number of carbonyl (C=O) groups excluding carboxylic acids is 3. The van der Waals surface area contributed by atoms with E-state index < -0.39 is 11.9 Å². The van der Waals surface area contributed by atoms with E-state index in [1.54, 1.807) is 12.1 Å². The number of nitrogens with zero attached hydrogens (tertiary/aromatic N) is 3. The van der Waals surface area contributed by atoms with Gasteiger partial charge in [0.05, 0.1) is 11.2 Å². The van der Waals surface area contributed by atoms with Crippen molar-refractivity contribution in [3.8, 4) is 5.69 Å². The maximum absolute atomic E-state index is 12.6. The summed E-state index contributed by atoms with van der Waals surface area (Å²) < 4.78 is 2.02. The molecule has 2 aromatic carbocycles. The molecule has 0 aliphatic heterocycles. The van der Waals surface area contributed by atoms with Gasteiger partial charge in [0, 0.05) is 42.2 Å². The molecule has 0 atom stereocenters. The highest BCUT2D eigenvalue weighted by molar-refractivity contribution is 6.45. The van der Waals surface area contributed by atoms with E-state index >= 15 is 0 Å². The first kappa shape index (κ1) is 26.5. The van der Waals surface area contributed by atoms with Gasteiger partial charge in [-0.2, -0.15) is 0 Å². The molecule has 188 valence electrons. The van der Waals surface area contributed by atoms with E-state index in [1.807, 2.05) is 47.2 Å². The average Bonchev–Trinajstić information content (AvgIpc) is 3.26. The zero-order valence-electron chi connectivity index (χ0n) is 21.1. The van der Waals surface area contributed by atoms with E-state index in [4.69, 9.17) is 4.84 Å². The second-order valence-electron chi connectivity index (χ2n) is 8.50. The lowest BCUT2D eigenvalue weighted by molar-refractivity contribution is -0.141. The van der Waals surface area contributed by atoms with Gasteiger partial charge in [0.25, 0.3) is 0 Å². The number of carbonyl (C=O) groups is 3. The van der Waals surface area contributed by atoms with Crippen molar-refractivity contribution in [2.45, 2.75) is 59.8 Å². The summed E-state index contributed by atoms with van der Waals surface area (Å²) in [6, 6.07) is 15.0. The molecule has 3 aromatic rings.